The number of ether oxygens (including phenoxy) is 1. The second-order valence-corrected chi connectivity index (χ2v) is 6.79. The average Bonchev–Trinajstić information content (AvgIpc) is 2.60. The zero-order chi connectivity index (χ0) is 17.1. The number of fused-ring (bicyclic) bond motifs is 1. The van der Waals surface area contributed by atoms with E-state index in [9.17, 15) is 9.59 Å². The summed E-state index contributed by atoms with van der Waals surface area (Å²) in [6, 6.07) is 5.71. The number of anilines is 1. The van der Waals surface area contributed by atoms with Crippen molar-refractivity contribution in [3.63, 3.8) is 0 Å². The molecule has 2 amide bonds. The molecule has 0 radical (unpaired) electrons. The molecule has 0 aliphatic carbocycles. The summed E-state index contributed by atoms with van der Waals surface area (Å²) in [7, 11) is 0. The maximum Gasteiger partial charge on any atom is 0.409 e. The van der Waals surface area contributed by atoms with Crippen molar-refractivity contribution in [2.24, 2.45) is 5.92 Å². The highest BCUT2D eigenvalue weighted by atomic mass is 35.5. The molecule has 1 unspecified atom stereocenters. The summed E-state index contributed by atoms with van der Waals surface area (Å²) in [6.07, 6.45) is 3.21. The lowest BCUT2D eigenvalue weighted by molar-refractivity contribution is -0.123. The number of likely N-dealkylation sites (tertiary alicyclic amines) is 1. The van der Waals surface area contributed by atoms with Crippen molar-refractivity contribution in [2.45, 2.75) is 32.6 Å². The van der Waals surface area contributed by atoms with Crippen molar-refractivity contribution in [1.29, 1.82) is 0 Å². The zero-order valence-electron chi connectivity index (χ0n) is 14.0. The molecule has 2 heterocycles. The molecule has 6 heteroatoms. The van der Waals surface area contributed by atoms with E-state index in [2.05, 4.69) is 0 Å². The summed E-state index contributed by atoms with van der Waals surface area (Å²) in [5.41, 5.74) is 2.09. The second-order valence-electron chi connectivity index (χ2n) is 6.35. The molecule has 0 saturated carbocycles. The molecule has 1 atom stereocenters. The van der Waals surface area contributed by atoms with Crippen molar-refractivity contribution >= 4 is 29.3 Å². The van der Waals surface area contributed by atoms with Gasteiger partial charge in [-0.05, 0) is 56.4 Å². The lowest BCUT2D eigenvalue weighted by Gasteiger charge is -2.36. The number of carbonyl (C=O) groups excluding carboxylic acids is 2. The Hall–Kier alpha value is -1.75. The third-order valence-corrected chi connectivity index (χ3v) is 4.96. The van der Waals surface area contributed by atoms with Crippen LogP contribution < -0.4 is 4.90 Å². The van der Waals surface area contributed by atoms with Gasteiger partial charge in [0.25, 0.3) is 0 Å². The molecule has 5 nitrogen and oxygen atoms in total. The number of halogens is 1. The summed E-state index contributed by atoms with van der Waals surface area (Å²) >= 11 is 6.07. The number of hydrogen-bond acceptors (Lipinski definition) is 3. The number of amides is 2. The van der Waals surface area contributed by atoms with Crippen molar-refractivity contribution in [3.8, 4) is 0 Å². The molecule has 1 aromatic rings. The van der Waals surface area contributed by atoms with Gasteiger partial charge in [0.1, 0.15) is 0 Å². The van der Waals surface area contributed by atoms with E-state index in [0.29, 0.717) is 24.7 Å². The topological polar surface area (TPSA) is 49.9 Å². The first-order valence-electron chi connectivity index (χ1n) is 8.61. The molecule has 1 saturated heterocycles. The molecule has 1 aromatic carbocycles. The van der Waals surface area contributed by atoms with E-state index >= 15 is 0 Å². The Kier molecular flexibility index (Phi) is 5.29. The Bertz CT molecular complexity index is 635. The maximum atomic E-state index is 13.0. The van der Waals surface area contributed by atoms with Crippen LogP contribution in [0.25, 0.3) is 0 Å². The molecule has 0 N–H and O–H groups in total. The Morgan fingerprint density at radius 2 is 2.12 bits per heavy atom. The first-order valence-corrected chi connectivity index (χ1v) is 8.99. The number of piperidine rings is 1. The fraction of sp³-hybridized carbons (Fsp3) is 0.556. The minimum atomic E-state index is -0.319. The molecule has 130 valence electrons. The summed E-state index contributed by atoms with van der Waals surface area (Å²) in [5, 5.41) is 0.703. The van der Waals surface area contributed by atoms with E-state index in [-0.39, 0.29) is 17.9 Å². The first-order chi connectivity index (χ1) is 11.6. The number of benzene rings is 1. The SMILES string of the molecule is CCOC(=O)N1CCCC(C(=O)N2CCCc3cc(Cl)ccc32)C1. The minimum Gasteiger partial charge on any atom is -0.450 e. The number of rotatable bonds is 2. The van der Waals surface area contributed by atoms with Crippen LogP contribution in [0, 0.1) is 5.92 Å². The highest BCUT2D eigenvalue weighted by Crippen LogP contribution is 2.32. The van der Waals surface area contributed by atoms with Crippen LogP contribution in [0.1, 0.15) is 31.7 Å². The van der Waals surface area contributed by atoms with E-state index in [0.717, 1.165) is 43.5 Å². The third kappa shape index (κ3) is 3.51. The van der Waals surface area contributed by atoms with Crippen LogP contribution in [0.3, 0.4) is 0 Å². The molecule has 0 bridgehead atoms. The van der Waals surface area contributed by atoms with E-state index in [1.54, 1.807) is 11.8 Å². The molecule has 2 aliphatic heterocycles. The molecular weight excluding hydrogens is 328 g/mol. The van der Waals surface area contributed by atoms with Crippen LogP contribution >= 0.6 is 11.6 Å². The predicted molar refractivity (Wildman–Crippen MR) is 93.4 cm³/mol. The van der Waals surface area contributed by atoms with Crippen LogP contribution in [-0.2, 0) is 16.0 Å². The van der Waals surface area contributed by atoms with Crippen molar-refractivity contribution < 1.29 is 14.3 Å². The fourth-order valence-corrected chi connectivity index (χ4v) is 3.77. The first kappa shape index (κ1) is 17.1. The zero-order valence-corrected chi connectivity index (χ0v) is 14.7. The highest BCUT2D eigenvalue weighted by Gasteiger charge is 2.33. The van der Waals surface area contributed by atoms with Crippen LogP contribution in [0.4, 0.5) is 10.5 Å². The van der Waals surface area contributed by atoms with Gasteiger partial charge in [0, 0.05) is 30.3 Å². The summed E-state index contributed by atoms with van der Waals surface area (Å²) in [4.78, 5) is 28.5. The molecule has 1 fully saturated rings. The van der Waals surface area contributed by atoms with E-state index in [1.165, 1.54) is 0 Å². The lowest BCUT2D eigenvalue weighted by atomic mass is 9.94. The van der Waals surface area contributed by atoms with E-state index in [4.69, 9.17) is 16.3 Å². The quantitative estimate of drug-likeness (QED) is 0.820. The van der Waals surface area contributed by atoms with Gasteiger partial charge >= 0.3 is 6.09 Å². The van der Waals surface area contributed by atoms with Gasteiger partial charge in [-0.1, -0.05) is 11.6 Å². The van der Waals surface area contributed by atoms with Gasteiger partial charge in [-0.25, -0.2) is 4.79 Å². The van der Waals surface area contributed by atoms with Gasteiger partial charge in [0.15, 0.2) is 0 Å². The summed E-state index contributed by atoms with van der Waals surface area (Å²) < 4.78 is 5.07. The maximum absolute atomic E-state index is 13.0. The minimum absolute atomic E-state index is 0.104. The second kappa shape index (κ2) is 7.43. The van der Waals surface area contributed by atoms with Gasteiger partial charge in [-0.15, -0.1) is 0 Å². The van der Waals surface area contributed by atoms with Gasteiger partial charge < -0.3 is 14.5 Å². The van der Waals surface area contributed by atoms with Crippen molar-refractivity contribution in [2.75, 3.05) is 31.1 Å². The smallest absolute Gasteiger partial charge is 0.409 e. The van der Waals surface area contributed by atoms with Crippen LogP contribution in [0.15, 0.2) is 18.2 Å². The molecule has 24 heavy (non-hydrogen) atoms. The standard InChI is InChI=1S/C18H23ClN2O3/c1-2-24-18(23)20-9-3-6-14(12-20)17(22)21-10-4-5-13-11-15(19)7-8-16(13)21/h7-8,11,14H,2-6,9-10,12H2,1H3. The average molecular weight is 351 g/mol. The Morgan fingerprint density at radius 1 is 1.29 bits per heavy atom. The molecular formula is C18H23ClN2O3. The fourth-order valence-electron chi connectivity index (χ4n) is 3.57. The number of hydrogen-bond donors (Lipinski definition) is 0. The van der Waals surface area contributed by atoms with Gasteiger partial charge in [-0.3, -0.25) is 4.79 Å². The largest absolute Gasteiger partial charge is 0.450 e. The Labute approximate surface area is 147 Å². The van der Waals surface area contributed by atoms with Gasteiger partial charge in [-0.2, -0.15) is 0 Å². The van der Waals surface area contributed by atoms with E-state index in [1.807, 2.05) is 23.1 Å². The highest BCUT2D eigenvalue weighted by molar-refractivity contribution is 6.30. The monoisotopic (exact) mass is 350 g/mol. The van der Waals surface area contributed by atoms with Gasteiger partial charge in [0.2, 0.25) is 5.91 Å². The molecule has 0 spiro atoms. The Morgan fingerprint density at radius 3 is 2.92 bits per heavy atom. The molecule has 0 aromatic heterocycles. The number of aryl methyl sites for hydroxylation is 1. The molecule has 2 aliphatic rings. The third-order valence-electron chi connectivity index (χ3n) is 4.72. The van der Waals surface area contributed by atoms with Crippen LogP contribution in [0.5, 0.6) is 0 Å². The molecule has 3 rings (SSSR count). The summed E-state index contributed by atoms with van der Waals surface area (Å²) in [5.74, 6) is -0.0583. The number of nitrogens with zero attached hydrogens (tertiary/aromatic N) is 2. The van der Waals surface area contributed by atoms with Crippen molar-refractivity contribution in [1.82, 2.24) is 4.90 Å². The van der Waals surface area contributed by atoms with Crippen LogP contribution in [0.2, 0.25) is 5.02 Å². The van der Waals surface area contributed by atoms with Crippen LogP contribution in [-0.4, -0.2) is 43.1 Å². The summed E-state index contributed by atoms with van der Waals surface area (Å²) in [6.45, 7) is 3.98. The van der Waals surface area contributed by atoms with Crippen molar-refractivity contribution in [3.05, 3.63) is 28.8 Å². The van der Waals surface area contributed by atoms with E-state index < -0.39 is 0 Å². The number of carbonyl (C=O) groups is 2. The normalized spacial score (nSPS) is 20.5. The lowest BCUT2D eigenvalue weighted by Crippen LogP contribution is -2.48. The van der Waals surface area contributed by atoms with Gasteiger partial charge in [0.05, 0.1) is 12.5 Å². The predicted octanol–water partition coefficient (Wildman–Crippen LogP) is 3.49. The Balaban J connectivity index is 1.74.